The van der Waals surface area contributed by atoms with Crippen LogP contribution < -0.4 is 10.1 Å². The number of nitrogens with zero attached hydrogens (tertiary/aromatic N) is 1. The lowest BCUT2D eigenvalue weighted by atomic mass is 10.0. The minimum atomic E-state index is -3.37. The zero-order chi connectivity index (χ0) is 23.7. The third-order valence-electron chi connectivity index (χ3n) is 5.69. The molecule has 0 aliphatic heterocycles. The van der Waals surface area contributed by atoms with Crippen LogP contribution in [0.4, 0.5) is 11.7 Å². The van der Waals surface area contributed by atoms with Gasteiger partial charge in [-0.15, -0.1) is 0 Å². The van der Waals surface area contributed by atoms with E-state index >= 15 is 0 Å². The van der Waals surface area contributed by atoms with Gasteiger partial charge in [0, 0.05) is 17.3 Å². The van der Waals surface area contributed by atoms with Crippen LogP contribution in [0.1, 0.15) is 6.92 Å². The molecule has 0 amide bonds. The Morgan fingerprint density at radius 1 is 1.00 bits per heavy atom. The minimum absolute atomic E-state index is 0.00921. The van der Waals surface area contributed by atoms with Crippen molar-refractivity contribution in [3.63, 3.8) is 0 Å². The Labute approximate surface area is 197 Å². The fourth-order valence-electron chi connectivity index (χ4n) is 3.81. The summed E-state index contributed by atoms with van der Waals surface area (Å²) in [4.78, 5) is 7.74. The Balaban J connectivity index is 1.44. The van der Waals surface area contributed by atoms with Gasteiger partial charge in [0.05, 0.1) is 29.6 Å². The second-order valence-electron chi connectivity index (χ2n) is 7.78. The summed E-state index contributed by atoms with van der Waals surface area (Å²) in [6, 6.07) is 21.3. The van der Waals surface area contributed by atoms with Crippen molar-refractivity contribution in [1.29, 1.82) is 0 Å². The number of anilines is 2. The number of rotatable bonds is 7. The van der Waals surface area contributed by atoms with Crippen molar-refractivity contribution >= 4 is 32.4 Å². The second kappa shape index (κ2) is 8.72. The molecule has 0 unspecified atom stereocenters. The van der Waals surface area contributed by atoms with Crippen LogP contribution in [0, 0.1) is 0 Å². The number of hydrogen-bond acceptors (Lipinski definition) is 6. The summed E-state index contributed by atoms with van der Waals surface area (Å²) in [6.45, 7) is 1.61. The molecule has 0 aliphatic rings. The molecule has 0 aliphatic carbocycles. The van der Waals surface area contributed by atoms with E-state index < -0.39 is 9.84 Å². The second-order valence-corrected chi connectivity index (χ2v) is 10.1. The fraction of sp³-hybridized carbons (Fsp3) is 0.115. The molecule has 8 heteroatoms. The number of fused-ring (bicyclic) bond motifs is 1. The first-order valence-electron chi connectivity index (χ1n) is 10.8. The molecule has 2 aromatic heterocycles. The number of hydrogen-bond donors (Lipinski definition) is 2. The summed E-state index contributed by atoms with van der Waals surface area (Å²) < 4.78 is 35.9. The van der Waals surface area contributed by atoms with Gasteiger partial charge in [0.25, 0.3) is 6.01 Å². The Morgan fingerprint density at radius 2 is 1.82 bits per heavy atom. The zero-order valence-corrected chi connectivity index (χ0v) is 19.5. The lowest BCUT2D eigenvalue weighted by molar-refractivity contribution is 0.416. The van der Waals surface area contributed by atoms with Crippen molar-refractivity contribution in [3.8, 4) is 28.2 Å². The Bertz CT molecular complexity index is 1580. The quantitative estimate of drug-likeness (QED) is 0.299. The molecule has 3 aromatic carbocycles. The summed E-state index contributed by atoms with van der Waals surface area (Å²) in [7, 11) is -1.85. The SMILES string of the molecule is CCS(=O)(=O)c1ccc(OC)c(Nc2ncc(-c3cccc(-c4ccc5[nH]ccc5c4)c3)o2)c1. The summed E-state index contributed by atoms with van der Waals surface area (Å²) in [5.41, 5.74) is 4.59. The predicted molar refractivity (Wildman–Crippen MR) is 133 cm³/mol. The van der Waals surface area contributed by atoms with Gasteiger partial charge in [-0.3, -0.25) is 0 Å². The average Bonchev–Trinajstić information content (AvgIpc) is 3.53. The molecule has 0 atom stereocenters. The molecule has 0 radical (unpaired) electrons. The maximum absolute atomic E-state index is 12.3. The molecular formula is C26H23N3O4S. The molecule has 0 spiro atoms. The van der Waals surface area contributed by atoms with Gasteiger partial charge in [-0.2, -0.15) is 0 Å². The van der Waals surface area contributed by atoms with Crippen molar-refractivity contribution in [3.05, 3.63) is 79.1 Å². The lowest BCUT2D eigenvalue weighted by Crippen LogP contribution is -2.05. The first-order chi connectivity index (χ1) is 16.5. The normalized spacial score (nSPS) is 11.6. The van der Waals surface area contributed by atoms with E-state index in [1.54, 1.807) is 19.2 Å². The van der Waals surface area contributed by atoms with Gasteiger partial charge < -0.3 is 19.5 Å². The van der Waals surface area contributed by atoms with E-state index in [1.165, 1.54) is 19.2 Å². The van der Waals surface area contributed by atoms with Crippen LogP contribution in [0.2, 0.25) is 0 Å². The minimum Gasteiger partial charge on any atom is -0.495 e. The Hall–Kier alpha value is -4.04. The topological polar surface area (TPSA) is 97.2 Å². The number of aromatic amines is 1. The molecule has 2 N–H and O–H groups in total. The molecule has 34 heavy (non-hydrogen) atoms. The first-order valence-corrected chi connectivity index (χ1v) is 12.4. The molecular weight excluding hydrogens is 450 g/mol. The zero-order valence-electron chi connectivity index (χ0n) is 18.7. The van der Waals surface area contributed by atoms with E-state index in [2.05, 4.69) is 39.6 Å². The van der Waals surface area contributed by atoms with E-state index in [1.807, 2.05) is 30.5 Å². The number of oxazole rings is 1. The number of methoxy groups -OCH3 is 1. The van der Waals surface area contributed by atoms with Gasteiger partial charge in [-0.25, -0.2) is 13.4 Å². The Kier molecular flexibility index (Phi) is 5.59. The summed E-state index contributed by atoms with van der Waals surface area (Å²) in [6.07, 6.45) is 3.56. The van der Waals surface area contributed by atoms with E-state index in [0.717, 1.165) is 27.6 Å². The highest BCUT2D eigenvalue weighted by molar-refractivity contribution is 7.91. The van der Waals surface area contributed by atoms with Crippen LogP contribution >= 0.6 is 0 Å². The molecule has 5 aromatic rings. The molecule has 7 nitrogen and oxygen atoms in total. The van der Waals surface area contributed by atoms with Gasteiger partial charge in [0.2, 0.25) is 0 Å². The van der Waals surface area contributed by atoms with Gasteiger partial charge in [0.15, 0.2) is 15.6 Å². The van der Waals surface area contributed by atoms with Gasteiger partial charge >= 0.3 is 0 Å². The summed E-state index contributed by atoms with van der Waals surface area (Å²) >= 11 is 0. The first kappa shape index (κ1) is 21.8. The highest BCUT2D eigenvalue weighted by Crippen LogP contribution is 2.33. The molecule has 2 heterocycles. The standard InChI is InChI=1S/C26H23N3O4S/c1-3-34(30,31)21-8-10-24(32-2)23(15-21)29-26-28-16-25(33-26)20-6-4-5-17(14-20)18-7-9-22-19(13-18)11-12-27-22/h4-16,27H,3H2,1-2H3,(H,28,29). The summed E-state index contributed by atoms with van der Waals surface area (Å²) in [5, 5.41) is 4.19. The Morgan fingerprint density at radius 3 is 2.65 bits per heavy atom. The molecule has 172 valence electrons. The highest BCUT2D eigenvalue weighted by atomic mass is 32.2. The molecule has 0 fully saturated rings. The number of benzene rings is 3. The lowest BCUT2D eigenvalue weighted by Gasteiger charge is -2.11. The maximum Gasteiger partial charge on any atom is 0.299 e. The van der Waals surface area contributed by atoms with Crippen molar-refractivity contribution in [2.24, 2.45) is 0 Å². The molecule has 0 bridgehead atoms. The molecule has 5 rings (SSSR count). The number of nitrogens with one attached hydrogen (secondary N) is 2. The maximum atomic E-state index is 12.3. The van der Waals surface area contributed by atoms with E-state index in [0.29, 0.717) is 17.2 Å². The molecule has 0 saturated heterocycles. The van der Waals surface area contributed by atoms with Crippen LogP contribution in [0.15, 0.2) is 88.4 Å². The van der Waals surface area contributed by atoms with Crippen molar-refractivity contribution < 1.29 is 17.6 Å². The van der Waals surface area contributed by atoms with Crippen molar-refractivity contribution in [1.82, 2.24) is 9.97 Å². The highest BCUT2D eigenvalue weighted by Gasteiger charge is 2.16. The van der Waals surface area contributed by atoms with Crippen LogP contribution in [-0.2, 0) is 9.84 Å². The van der Waals surface area contributed by atoms with Crippen LogP contribution in [-0.4, -0.2) is 31.2 Å². The van der Waals surface area contributed by atoms with E-state index in [-0.39, 0.29) is 16.7 Å². The summed E-state index contributed by atoms with van der Waals surface area (Å²) in [5.74, 6) is 1.08. The number of aromatic nitrogens is 2. The van der Waals surface area contributed by atoms with Crippen molar-refractivity contribution in [2.45, 2.75) is 11.8 Å². The van der Waals surface area contributed by atoms with Gasteiger partial charge in [-0.05, 0) is 59.0 Å². The smallest absolute Gasteiger partial charge is 0.299 e. The van der Waals surface area contributed by atoms with Gasteiger partial charge in [-0.1, -0.05) is 31.2 Å². The largest absolute Gasteiger partial charge is 0.495 e. The van der Waals surface area contributed by atoms with E-state index in [9.17, 15) is 8.42 Å². The fourth-order valence-corrected chi connectivity index (χ4v) is 4.72. The van der Waals surface area contributed by atoms with Gasteiger partial charge in [0.1, 0.15) is 5.75 Å². The van der Waals surface area contributed by atoms with Crippen LogP contribution in [0.5, 0.6) is 5.75 Å². The monoisotopic (exact) mass is 473 g/mol. The average molecular weight is 474 g/mol. The number of sulfone groups is 1. The van der Waals surface area contributed by atoms with Crippen LogP contribution in [0.3, 0.4) is 0 Å². The third kappa shape index (κ3) is 4.15. The van der Waals surface area contributed by atoms with Crippen LogP contribution in [0.25, 0.3) is 33.4 Å². The number of ether oxygens (including phenoxy) is 1. The van der Waals surface area contributed by atoms with Crippen molar-refractivity contribution in [2.75, 3.05) is 18.2 Å². The third-order valence-corrected chi connectivity index (χ3v) is 7.42. The predicted octanol–water partition coefficient (Wildman–Crippen LogP) is 6.04. The molecule has 0 saturated carbocycles. The number of H-pyrrole nitrogens is 1. The van der Waals surface area contributed by atoms with E-state index in [4.69, 9.17) is 9.15 Å².